The van der Waals surface area contributed by atoms with Gasteiger partial charge in [-0.25, -0.2) is 0 Å². The first kappa shape index (κ1) is 13.1. The predicted molar refractivity (Wildman–Crippen MR) is 68.4 cm³/mol. The second-order valence-corrected chi connectivity index (χ2v) is 4.63. The van der Waals surface area contributed by atoms with Crippen LogP contribution in [0.25, 0.3) is 0 Å². The first-order valence-corrected chi connectivity index (χ1v) is 5.58. The Balaban J connectivity index is 0.00000112. The SMILES string of the molecule is CN1CCCc2ccc(Cl)c(Cl)c2C1.Cl. The molecule has 1 aliphatic heterocycles. The number of aryl methyl sites for hydroxylation is 1. The van der Waals surface area contributed by atoms with E-state index in [0.717, 1.165) is 24.5 Å². The fourth-order valence-electron chi connectivity index (χ4n) is 1.93. The molecule has 0 saturated carbocycles. The van der Waals surface area contributed by atoms with E-state index in [2.05, 4.69) is 18.0 Å². The minimum atomic E-state index is 0. The van der Waals surface area contributed by atoms with Crippen LogP contribution < -0.4 is 0 Å². The van der Waals surface area contributed by atoms with Gasteiger partial charge in [0.2, 0.25) is 0 Å². The van der Waals surface area contributed by atoms with Gasteiger partial charge in [0.25, 0.3) is 0 Å². The minimum absolute atomic E-state index is 0. The molecule has 0 aliphatic carbocycles. The molecule has 1 aromatic rings. The number of halogens is 3. The monoisotopic (exact) mass is 265 g/mol. The van der Waals surface area contributed by atoms with Crippen molar-refractivity contribution in [3.63, 3.8) is 0 Å². The Labute approximate surface area is 107 Å². The Bertz CT molecular complexity index is 352. The zero-order valence-corrected chi connectivity index (χ0v) is 10.9. The summed E-state index contributed by atoms with van der Waals surface area (Å²) < 4.78 is 0. The first-order valence-electron chi connectivity index (χ1n) is 4.83. The van der Waals surface area contributed by atoms with Crippen molar-refractivity contribution in [3.05, 3.63) is 33.3 Å². The van der Waals surface area contributed by atoms with Gasteiger partial charge in [-0.05, 0) is 43.6 Å². The van der Waals surface area contributed by atoms with Crippen LogP contribution in [0.4, 0.5) is 0 Å². The zero-order chi connectivity index (χ0) is 10.1. The molecular formula is C11H14Cl3N. The lowest BCUT2D eigenvalue weighted by Crippen LogP contribution is -2.17. The van der Waals surface area contributed by atoms with E-state index >= 15 is 0 Å². The van der Waals surface area contributed by atoms with E-state index < -0.39 is 0 Å². The average Bonchev–Trinajstić information content (AvgIpc) is 2.34. The van der Waals surface area contributed by atoms with Crippen LogP contribution >= 0.6 is 35.6 Å². The second kappa shape index (κ2) is 5.40. The topological polar surface area (TPSA) is 3.24 Å². The maximum atomic E-state index is 6.19. The lowest BCUT2D eigenvalue weighted by Gasteiger charge is -2.15. The molecular weight excluding hydrogens is 252 g/mol. The molecule has 0 saturated heterocycles. The Kier molecular flexibility index (Phi) is 4.72. The van der Waals surface area contributed by atoms with Gasteiger partial charge in [0.15, 0.2) is 0 Å². The lowest BCUT2D eigenvalue weighted by atomic mass is 10.0. The van der Waals surface area contributed by atoms with E-state index in [1.54, 1.807) is 0 Å². The summed E-state index contributed by atoms with van der Waals surface area (Å²) in [6, 6.07) is 4.00. The van der Waals surface area contributed by atoms with Crippen LogP contribution in [0.2, 0.25) is 10.0 Å². The van der Waals surface area contributed by atoms with Crippen molar-refractivity contribution >= 4 is 35.6 Å². The molecule has 0 aromatic heterocycles. The predicted octanol–water partition coefficient (Wildman–Crippen LogP) is 3.79. The molecule has 0 spiro atoms. The van der Waals surface area contributed by atoms with E-state index in [9.17, 15) is 0 Å². The van der Waals surface area contributed by atoms with Gasteiger partial charge in [0.05, 0.1) is 10.0 Å². The number of fused-ring (bicyclic) bond motifs is 1. The van der Waals surface area contributed by atoms with Crippen LogP contribution in [0.5, 0.6) is 0 Å². The Morgan fingerprint density at radius 2 is 2.00 bits per heavy atom. The largest absolute Gasteiger partial charge is 0.302 e. The van der Waals surface area contributed by atoms with E-state index in [1.165, 1.54) is 17.5 Å². The van der Waals surface area contributed by atoms with E-state index in [1.807, 2.05) is 6.07 Å². The molecule has 0 N–H and O–H groups in total. The Hall–Kier alpha value is 0.0500. The Morgan fingerprint density at radius 1 is 1.27 bits per heavy atom. The number of rotatable bonds is 0. The van der Waals surface area contributed by atoms with E-state index in [-0.39, 0.29) is 12.4 Å². The van der Waals surface area contributed by atoms with Gasteiger partial charge in [0.1, 0.15) is 0 Å². The van der Waals surface area contributed by atoms with Crippen molar-refractivity contribution < 1.29 is 0 Å². The molecule has 1 heterocycles. The van der Waals surface area contributed by atoms with Crippen molar-refractivity contribution in [2.24, 2.45) is 0 Å². The number of hydrogen-bond acceptors (Lipinski definition) is 1. The fourth-order valence-corrected chi connectivity index (χ4v) is 2.35. The van der Waals surface area contributed by atoms with Gasteiger partial charge < -0.3 is 4.90 Å². The summed E-state index contributed by atoms with van der Waals surface area (Å²) in [4.78, 5) is 2.29. The third kappa shape index (κ3) is 2.79. The molecule has 0 amide bonds. The van der Waals surface area contributed by atoms with Crippen LogP contribution in [0.15, 0.2) is 12.1 Å². The van der Waals surface area contributed by atoms with Crippen LogP contribution in [0.1, 0.15) is 17.5 Å². The van der Waals surface area contributed by atoms with Gasteiger partial charge >= 0.3 is 0 Å². The standard InChI is InChI=1S/C11H13Cl2N.ClH/c1-14-6-2-3-8-4-5-10(12)11(13)9(8)7-14;/h4-5H,2-3,6-7H2,1H3;1H. The summed E-state index contributed by atoms with van der Waals surface area (Å²) in [5, 5.41) is 1.40. The number of nitrogens with zero attached hydrogens (tertiary/aromatic N) is 1. The fraction of sp³-hybridized carbons (Fsp3) is 0.455. The summed E-state index contributed by atoms with van der Waals surface area (Å²) in [5.41, 5.74) is 2.56. The molecule has 4 heteroatoms. The van der Waals surface area contributed by atoms with Gasteiger partial charge in [-0.2, -0.15) is 0 Å². The zero-order valence-electron chi connectivity index (χ0n) is 8.59. The number of hydrogen-bond donors (Lipinski definition) is 0. The molecule has 0 atom stereocenters. The second-order valence-electron chi connectivity index (χ2n) is 3.84. The lowest BCUT2D eigenvalue weighted by molar-refractivity contribution is 0.332. The molecule has 2 rings (SSSR count). The van der Waals surface area contributed by atoms with Gasteiger partial charge in [-0.1, -0.05) is 29.3 Å². The molecule has 0 unspecified atom stereocenters. The van der Waals surface area contributed by atoms with Crippen molar-refractivity contribution in [2.45, 2.75) is 19.4 Å². The normalized spacial score (nSPS) is 16.5. The van der Waals surface area contributed by atoms with Crippen LogP contribution in [-0.2, 0) is 13.0 Å². The smallest absolute Gasteiger partial charge is 0.0640 e. The molecule has 1 nitrogen and oxygen atoms in total. The van der Waals surface area contributed by atoms with Crippen molar-refractivity contribution in [2.75, 3.05) is 13.6 Å². The van der Waals surface area contributed by atoms with Gasteiger partial charge in [0, 0.05) is 6.54 Å². The van der Waals surface area contributed by atoms with Gasteiger partial charge in [-0.15, -0.1) is 12.4 Å². The van der Waals surface area contributed by atoms with Crippen LogP contribution in [0.3, 0.4) is 0 Å². The van der Waals surface area contributed by atoms with Crippen molar-refractivity contribution in [1.29, 1.82) is 0 Å². The molecule has 84 valence electrons. The molecule has 1 aliphatic rings. The third-order valence-corrected chi connectivity index (χ3v) is 3.55. The van der Waals surface area contributed by atoms with Crippen molar-refractivity contribution in [3.8, 4) is 0 Å². The molecule has 0 fully saturated rings. The average molecular weight is 267 g/mol. The highest BCUT2D eigenvalue weighted by Gasteiger charge is 2.15. The first-order chi connectivity index (χ1) is 6.68. The summed E-state index contributed by atoms with van der Waals surface area (Å²) in [6.45, 7) is 2.04. The van der Waals surface area contributed by atoms with Crippen molar-refractivity contribution in [1.82, 2.24) is 4.90 Å². The summed E-state index contributed by atoms with van der Waals surface area (Å²) in [7, 11) is 2.12. The highest BCUT2D eigenvalue weighted by molar-refractivity contribution is 6.42. The highest BCUT2D eigenvalue weighted by atomic mass is 35.5. The maximum absolute atomic E-state index is 6.19. The molecule has 0 radical (unpaired) electrons. The third-order valence-electron chi connectivity index (χ3n) is 2.71. The summed E-state index contributed by atoms with van der Waals surface area (Å²) in [5.74, 6) is 0. The van der Waals surface area contributed by atoms with Crippen LogP contribution in [0, 0.1) is 0 Å². The maximum Gasteiger partial charge on any atom is 0.0640 e. The Morgan fingerprint density at radius 3 is 2.73 bits per heavy atom. The highest BCUT2D eigenvalue weighted by Crippen LogP contribution is 2.31. The molecule has 1 aromatic carbocycles. The quantitative estimate of drug-likeness (QED) is 0.690. The minimum Gasteiger partial charge on any atom is -0.302 e. The van der Waals surface area contributed by atoms with E-state index in [0.29, 0.717) is 5.02 Å². The van der Waals surface area contributed by atoms with Crippen LogP contribution in [-0.4, -0.2) is 18.5 Å². The molecule has 0 bridgehead atoms. The number of benzene rings is 1. The summed E-state index contributed by atoms with van der Waals surface area (Å²) in [6.07, 6.45) is 2.30. The molecule has 15 heavy (non-hydrogen) atoms. The van der Waals surface area contributed by atoms with E-state index in [4.69, 9.17) is 23.2 Å². The van der Waals surface area contributed by atoms with Gasteiger partial charge in [-0.3, -0.25) is 0 Å². The summed E-state index contributed by atoms with van der Waals surface area (Å²) >= 11 is 12.2.